The van der Waals surface area contributed by atoms with Gasteiger partial charge in [-0.25, -0.2) is 0 Å². The van der Waals surface area contributed by atoms with Crippen LogP contribution in [0.25, 0.3) is 0 Å². The van der Waals surface area contributed by atoms with Crippen LogP contribution in [-0.4, -0.2) is 51.3 Å². The van der Waals surface area contributed by atoms with Crippen molar-refractivity contribution >= 4 is 5.91 Å². The van der Waals surface area contributed by atoms with Crippen molar-refractivity contribution in [1.29, 1.82) is 5.26 Å². The zero-order valence-electron chi connectivity index (χ0n) is 17.9. The van der Waals surface area contributed by atoms with Gasteiger partial charge in [0.1, 0.15) is 11.6 Å². The highest BCUT2D eigenvalue weighted by Crippen LogP contribution is 2.26. The Morgan fingerprint density at radius 2 is 1.86 bits per heavy atom. The fourth-order valence-corrected chi connectivity index (χ4v) is 3.61. The normalized spacial score (nSPS) is 14.6. The third-order valence-electron chi connectivity index (χ3n) is 5.33. The summed E-state index contributed by atoms with van der Waals surface area (Å²) in [5.41, 5.74) is 4.01. The average molecular weight is 400 g/mol. The van der Waals surface area contributed by atoms with Crippen LogP contribution in [0.2, 0.25) is 0 Å². The highest BCUT2D eigenvalue weighted by atomic mass is 16.5. The van der Waals surface area contributed by atoms with E-state index in [0.29, 0.717) is 26.3 Å². The summed E-state index contributed by atoms with van der Waals surface area (Å²) in [4.78, 5) is 14.7. The second kappa shape index (κ2) is 12.3. The predicted octanol–water partition coefficient (Wildman–Crippen LogP) is 3.13. The Kier molecular flexibility index (Phi) is 9.69. The number of hydrogen-bond acceptors (Lipinski definition) is 5. The van der Waals surface area contributed by atoms with Crippen LogP contribution in [0.3, 0.4) is 0 Å². The molecule has 0 aliphatic heterocycles. The molecule has 0 fully saturated rings. The highest BCUT2D eigenvalue weighted by Gasteiger charge is 2.19. The number of amides is 1. The monoisotopic (exact) mass is 399 g/mol. The fraction of sp³-hybridized carbons (Fsp3) is 0.565. The van der Waals surface area contributed by atoms with Gasteiger partial charge in [-0.1, -0.05) is 25.1 Å². The van der Waals surface area contributed by atoms with E-state index in [1.165, 1.54) is 24.0 Å². The SMILES string of the molecule is CCC(NC(=O)/C(C#N)=C\N(CCOC)CCOC)c1ccc2c(c1)CCCC2. The lowest BCUT2D eigenvalue weighted by Crippen LogP contribution is -2.32. The number of carbonyl (C=O) groups is 1. The van der Waals surface area contributed by atoms with E-state index in [2.05, 4.69) is 23.5 Å². The van der Waals surface area contributed by atoms with E-state index in [1.54, 1.807) is 20.4 Å². The standard InChI is InChI=1S/C23H33N3O3/c1-4-22(20-10-9-18-7-5-6-8-19(18)15-20)25-23(27)21(16-24)17-26(11-13-28-2)12-14-29-3/h9-10,15,17,22H,4-8,11-14H2,1-3H3,(H,25,27)/b21-17-. The molecule has 0 spiro atoms. The van der Waals surface area contributed by atoms with E-state index >= 15 is 0 Å². The van der Waals surface area contributed by atoms with Gasteiger partial charge in [0.2, 0.25) is 0 Å². The minimum absolute atomic E-state index is 0.0913. The molecule has 1 amide bonds. The molecule has 1 aliphatic carbocycles. The van der Waals surface area contributed by atoms with Crippen molar-refractivity contribution in [3.05, 3.63) is 46.7 Å². The molecule has 6 nitrogen and oxygen atoms in total. The summed E-state index contributed by atoms with van der Waals surface area (Å²) in [5, 5.41) is 12.6. The van der Waals surface area contributed by atoms with Crippen LogP contribution < -0.4 is 5.32 Å². The smallest absolute Gasteiger partial charge is 0.263 e. The van der Waals surface area contributed by atoms with E-state index < -0.39 is 0 Å². The summed E-state index contributed by atoms with van der Waals surface area (Å²) in [6.45, 7) is 4.23. The molecule has 1 aliphatic rings. The van der Waals surface area contributed by atoms with Gasteiger partial charge in [0.05, 0.1) is 19.3 Å². The van der Waals surface area contributed by atoms with Gasteiger partial charge in [-0.2, -0.15) is 5.26 Å². The van der Waals surface area contributed by atoms with Crippen LogP contribution in [0.4, 0.5) is 0 Å². The summed E-state index contributed by atoms with van der Waals surface area (Å²) < 4.78 is 10.2. The molecule has 2 rings (SSSR count). The van der Waals surface area contributed by atoms with Gasteiger partial charge in [-0.3, -0.25) is 4.79 Å². The number of hydrogen-bond donors (Lipinski definition) is 1. The van der Waals surface area contributed by atoms with Crippen LogP contribution in [-0.2, 0) is 27.1 Å². The van der Waals surface area contributed by atoms with Crippen LogP contribution in [0, 0.1) is 11.3 Å². The topological polar surface area (TPSA) is 74.6 Å². The van der Waals surface area contributed by atoms with E-state index in [0.717, 1.165) is 24.8 Å². The first-order valence-electron chi connectivity index (χ1n) is 10.4. The fourth-order valence-electron chi connectivity index (χ4n) is 3.61. The Bertz CT molecular complexity index is 731. The molecule has 0 saturated carbocycles. The van der Waals surface area contributed by atoms with Crippen molar-refractivity contribution < 1.29 is 14.3 Å². The van der Waals surface area contributed by atoms with Gasteiger partial charge >= 0.3 is 0 Å². The van der Waals surface area contributed by atoms with Crippen molar-refractivity contribution in [2.75, 3.05) is 40.5 Å². The maximum Gasteiger partial charge on any atom is 0.263 e. The van der Waals surface area contributed by atoms with Crippen LogP contribution in [0.1, 0.15) is 48.9 Å². The molecule has 6 heteroatoms. The number of carbonyl (C=O) groups excluding carboxylic acids is 1. The van der Waals surface area contributed by atoms with Gasteiger partial charge < -0.3 is 19.7 Å². The second-order valence-corrected chi connectivity index (χ2v) is 7.35. The third kappa shape index (κ3) is 6.88. The number of ether oxygens (including phenoxy) is 2. The predicted molar refractivity (Wildman–Crippen MR) is 113 cm³/mol. The molecular weight excluding hydrogens is 366 g/mol. The van der Waals surface area contributed by atoms with Crippen LogP contribution >= 0.6 is 0 Å². The van der Waals surface area contributed by atoms with Crippen molar-refractivity contribution in [1.82, 2.24) is 10.2 Å². The quantitative estimate of drug-likeness (QED) is 0.457. The highest BCUT2D eigenvalue weighted by molar-refractivity contribution is 5.97. The summed E-state index contributed by atoms with van der Waals surface area (Å²) in [7, 11) is 3.25. The zero-order valence-corrected chi connectivity index (χ0v) is 17.9. The molecule has 1 atom stereocenters. The molecule has 158 valence electrons. The zero-order chi connectivity index (χ0) is 21.1. The van der Waals surface area contributed by atoms with Gasteiger partial charge in [-0.15, -0.1) is 0 Å². The minimum Gasteiger partial charge on any atom is -0.383 e. The second-order valence-electron chi connectivity index (χ2n) is 7.35. The summed E-state index contributed by atoms with van der Waals surface area (Å²) in [6.07, 6.45) is 7.08. The van der Waals surface area contributed by atoms with Gasteiger partial charge in [-0.05, 0) is 48.8 Å². The molecule has 0 saturated heterocycles. The Morgan fingerprint density at radius 1 is 1.21 bits per heavy atom. The van der Waals surface area contributed by atoms with E-state index in [9.17, 15) is 10.1 Å². The molecule has 0 aromatic heterocycles. The molecule has 0 heterocycles. The lowest BCUT2D eigenvalue weighted by molar-refractivity contribution is -0.118. The first kappa shape index (κ1) is 22.9. The first-order valence-corrected chi connectivity index (χ1v) is 10.4. The number of nitriles is 1. The van der Waals surface area contributed by atoms with E-state index in [-0.39, 0.29) is 17.5 Å². The molecule has 0 radical (unpaired) electrons. The number of nitrogens with zero attached hydrogens (tertiary/aromatic N) is 2. The molecule has 29 heavy (non-hydrogen) atoms. The van der Waals surface area contributed by atoms with Gasteiger partial charge in [0.25, 0.3) is 5.91 Å². The number of benzene rings is 1. The summed E-state index contributed by atoms with van der Waals surface area (Å²) in [5.74, 6) is -0.350. The van der Waals surface area contributed by atoms with Crippen molar-refractivity contribution in [3.63, 3.8) is 0 Å². The lowest BCUT2D eigenvalue weighted by Gasteiger charge is -2.23. The number of fused-ring (bicyclic) bond motifs is 1. The average Bonchev–Trinajstić information content (AvgIpc) is 2.76. The van der Waals surface area contributed by atoms with Gasteiger partial charge in [0, 0.05) is 33.5 Å². The Morgan fingerprint density at radius 3 is 2.45 bits per heavy atom. The van der Waals surface area contributed by atoms with E-state index in [1.807, 2.05) is 17.9 Å². The Labute approximate surface area is 174 Å². The van der Waals surface area contributed by atoms with Crippen LogP contribution in [0.15, 0.2) is 30.0 Å². The van der Waals surface area contributed by atoms with Crippen molar-refractivity contribution in [3.8, 4) is 6.07 Å². The summed E-state index contributed by atoms with van der Waals surface area (Å²) >= 11 is 0. The number of nitrogens with one attached hydrogen (secondary N) is 1. The number of rotatable bonds is 11. The Hall–Kier alpha value is -2.36. The maximum absolute atomic E-state index is 12.8. The van der Waals surface area contributed by atoms with Crippen molar-refractivity contribution in [2.45, 2.75) is 45.1 Å². The largest absolute Gasteiger partial charge is 0.383 e. The molecular formula is C23H33N3O3. The molecule has 1 unspecified atom stereocenters. The molecule has 1 aromatic carbocycles. The Balaban J connectivity index is 2.12. The molecule has 0 bridgehead atoms. The molecule has 1 aromatic rings. The number of methoxy groups -OCH3 is 2. The first-order chi connectivity index (χ1) is 14.1. The number of aryl methyl sites for hydroxylation is 2. The molecule has 1 N–H and O–H groups in total. The van der Waals surface area contributed by atoms with Crippen LogP contribution in [0.5, 0.6) is 0 Å². The maximum atomic E-state index is 12.8. The van der Waals surface area contributed by atoms with Crippen molar-refractivity contribution in [2.24, 2.45) is 0 Å². The summed E-state index contributed by atoms with van der Waals surface area (Å²) in [6, 6.07) is 8.45. The third-order valence-corrected chi connectivity index (χ3v) is 5.33. The van der Waals surface area contributed by atoms with Gasteiger partial charge in [0.15, 0.2) is 0 Å². The minimum atomic E-state index is -0.350. The van der Waals surface area contributed by atoms with E-state index in [4.69, 9.17) is 9.47 Å². The lowest BCUT2D eigenvalue weighted by atomic mass is 9.88.